The molecule has 0 saturated heterocycles. The fraction of sp³-hybridized carbons (Fsp3) is 0.261. The van der Waals surface area contributed by atoms with Gasteiger partial charge in [0.05, 0.1) is 12.2 Å². The highest BCUT2D eigenvalue weighted by Gasteiger charge is 2.22. The maximum atomic E-state index is 13.2. The summed E-state index contributed by atoms with van der Waals surface area (Å²) in [6.45, 7) is 2.61. The number of allylic oxidation sites excluding steroid dienone is 1. The number of nitrogens with zero attached hydrogens (tertiary/aromatic N) is 4. The number of fused-ring (bicyclic) bond motifs is 1. The Hall–Kier alpha value is -3.89. The zero-order chi connectivity index (χ0) is 23.8. The van der Waals surface area contributed by atoms with Crippen LogP contribution in [0.1, 0.15) is 31.2 Å². The van der Waals surface area contributed by atoms with E-state index in [0.717, 1.165) is 22.9 Å². The molecular formula is C23H28N8O2. The van der Waals surface area contributed by atoms with Crippen LogP contribution in [-0.4, -0.2) is 46.1 Å². The van der Waals surface area contributed by atoms with E-state index >= 15 is 0 Å². The molecule has 1 aromatic heterocycles. The van der Waals surface area contributed by atoms with Crippen LogP contribution in [0.2, 0.25) is 0 Å². The van der Waals surface area contributed by atoms with Crippen LogP contribution in [-0.2, 0) is 16.2 Å². The van der Waals surface area contributed by atoms with Crippen molar-refractivity contribution in [2.45, 2.75) is 26.3 Å². The summed E-state index contributed by atoms with van der Waals surface area (Å²) in [5, 5.41) is 8.36. The van der Waals surface area contributed by atoms with Gasteiger partial charge in [0, 0.05) is 54.0 Å². The van der Waals surface area contributed by atoms with Gasteiger partial charge in [-0.1, -0.05) is 19.1 Å². The summed E-state index contributed by atoms with van der Waals surface area (Å²) in [4.78, 5) is 31.8. The molecule has 10 nitrogen and oxygen atoms in total. The van der Waals surface area contributed by atoms with Gasteiger partial charge in [0.25, 0.3) is 5.91 Å². The summed E-state index contributed by atoms with van der Waals surface area (Å²) in [6, 6.07) is 5.68. The molecule has 172 valence electrons. The molecule has 0 unspecified atom stereocenters. The monoisotopic (exact) mass is 448 g/mol. The van der Waals surface area contributed by atoms with Crippen LogP contribution in [0.3, 0.4) is 0 Å². The average Bonchev–Trinajstić information content (AvgIpc) is 2.99. The van der Waals surface area contributed by atoms with Gasteiger partial charge in [-0.25, -0.2) is 20.0 Å². The fourth-order valence-electron chi connectivity index (χ4n) is 3.21. The Kier molecular flexibility index (Phi) is 8.01. The molecule has 0 bridgehead atoms. The van der Waals surface area contributed by atoms with Gasteiger partial charge >= 0.3 is 0 Å². The minimum absolute atomic E-state index is 0.00291. The number of benzene rings is 1. The number of hydrogen-bond donors (Lipinski definition) is 4. The molecule has 1 aromatic carbocycles. The summed E-state index contributed by atoms with van der Waals surface area (Å²) in [6.07, 6.45) is 8.57. The third-order valence-electron chi connectivity index (χ3n) is 4.83. The summed E-state index contributed by atoms with van der Waals surface area (Å²) < 4.78 is 0. The molecule has 0 radical (unpaired) electrons. The van der Waals surface area contributed by atoms with E-state index in [0.29, 0.717) is 41.6 Å². The summed E-state index contributed by atoms with van der Waals surface area (Å²) in [5.41, 5.74) is 21.4. The number of rotatable bonds is 9. The van der Waals surface area contributed by atoms with Crippen molar-refractivity contribution >= 4 is 29.7 Å². The van der Waals surface area contributed by atoms with Gasteiger partial charge in [0.2, 0.25) is 0 Å². The number of carbonyl (C=O) groups excluding carboxylic acids is 1. The molecule has 3 rings (SSSR count). The molecule has 10 heteroatoms. The lowest BCUT2D eigenvalue weighted by molar-refractivity contribution is -0.178. The molecular weight excluding hydrogens is 420 g/mol. The predicted octanol–water partition coefficient (Wildman–Crippen LogP) is 2.04. The third-order valence-corrected chi connectivity index (χ3v) is 4.83. The Labute approximate surface area is 192 Å². The number of amidine groups is 1. The van der Waals surface area contributed by atoms with Crippen LogP contribution in [0.5, 0.6) is 0 Å². The molecule has 1 amide bonds. The number of hydrogen-bond acceptors (Lipinski definition) is 9. The topological polar surface area (TPSA) is 170 Å². The Balaban J connectivity index is 1.88. The van der Waals surface area contributed by atoms with Crippen molar-refractivity contribution in [3.8, 4) is 11.1 Å². The minimum Gasteiger partial charge on any atom is -0.400 e. The van der Waals surface area contributed by atoms with Crippen molar-refractivity contribution in [2.75, 3.05) is 13.2 Å². The first-order valence-corrected chi connectivity index (χ1v) is 10.5. The van der Waals surface area contributed by atoms with Crippen molar-refractivity contribution in [1.29, 1.82) is 5.41 Å². The molecule has 1 aliphatic rings. The number of nitrogens with one attached hydrogen (secondary N) is 1. The summed E-state index contributed by atoms with van der Waals surface area (Å²) in [5.74, 6) is 0.580. The van der Waals surface area contributed by atoms with Gasteiger partial charge in [-0.05, 0) is 30.2 Å². The largest absolute Gasteiger partial charge is 0.400 e. The fourth-order valence-corrected chi connectivity index (χ4v) is 3.21. The smallest absolute Gasteiger partial charge is 0.273 e. The van der Waals surface area contributed by atoms with Gasteiger partial charge in [-0.3, -0.25) is 9.63 Å². The van der Waals surface area contributed by atoms with Crippen molar-refractivity contribution < 1.29 is 9.63 Å². The molecule has 0 saturated carbocycles. The Morgan fingerprint density at radius 3 is 2.70 bits per heavy atom. The van der Waals surface area contributed by atoms with E-state index < -0.39 is 0 Å². The van der Waals surface area contributed by atoms with Crippen LogP contribution in [0.4, 0.5) is 5.69 Å². The van der Waals surface area contributed by atoms with Gasteiger partial charge in [-0.2, -0.15) is 0 Å². The van der Waals surface area contributed by atoms with E-state index in [2.05, 4.69) is 15.0 Å². The number of hydroxylamine groups is 2. The highest BCUT2D eigenvalue weighted by atomic mass is 16.7. The minimum atomic E-state index is -0.305. The van der Waals surface area contributed by atoms with E-state index in [-0.39, 0.29) is 25.5 Å². The van der Waals surface area contributed by atoms with E-state index in [4.69, 9.17) is 27.4 Å². The second kappa shape index (κ2) is 11.1. The Morgan fingerprint density at radius 1 is 1.27 bits per heavy atom. The lowest BCUT2D eigenvalue weighted by Crippen LogP contribution is -2.35. The zero-order valence-electron chi connectivity index (χ0n) is 18.5. The molecule has 0 atom stereocenters. The number of aliphatic imine (C=N–C) groups is 1. The normalized spacial score (nSPS) is 13.5. The average molecular weight is 449 g/mol. The highest BCUT2D eigenvalue weighted by Crippen LogP contribution is 2.31. The first-order chi connectivity index (χ1) is 15.9. The van der Waals surface area contributed by atoms with Gasteiger partial charge in [0.15, 0.2) is 0 Å². The quantitative estimate of drug-likeness (QED) is 0.336. The maximum Gasteiger partial charge on any atom is 0.273 e. The van der Waals surface area contributed by atoms with Crippen LogP contribution in [0.25, 0.3) is 17.2 Å². The van der Waals surface area contributed by atoms with Gasteiger partial charge in [-0.15, -0.1) is 0 Å². The number of aromatic nitrogens is 2. The lowest BCUT2D eigenvalue weighted by Gasteiger charge is -2.22. The number of amides is 1. The van der Waals surface area contributed by atoms with Crippen LogP contribution < -0.4 is 17.2 Å². The Morgan fingerprint density at radius 2 is 2.03 bits per heavy atom. The zero-order valence-corrected chi connectivity index (χ0v) is 18.5. The summed E-state index contributed by atoms with van der Waals surface area (Å²) in [7, 11) is 0. The number of nitrogens with two attached hydrogens (primary N) is 3. The van der Waals surface area contributed by atoms with Crippen molar-refractivity contribution in [3.05, 3.63) is 59.3 Å². The molecule has 33 heavy (non-hydrogen) atoms. The molecule has 1 aliphatic heterocycles. The Bertz CT molecular complexity index is 1110. The standard InChI is InChI=1S/C23H28N8O2/c1-2-7-31(33-14-19(26)5-6-24)23(32)17-8-16-4-3-15(9-20(16)30-21(27)10-17)18-12-28-22(11-25)29-13-18/h3-6,8-9,12-13,24H,2,7,10-11,14,25-26H2,1H3,(H2,27,30)/b19-5-,24-6?. The maximum absolute atomic E-state index is 13.2. The van der Waals surface area contributed by atoms with Crippen LogP contribution in [0.15, 0.2) is 52.9 Å². The van der Waals surface area contributed by atoms with Crippen molar-refractivity contribution in [2.24, 2.45) is 22.2 Å². The SMILES string of the molecule is CCCN(OC/C(N)=C/C=N)C(=O)C1=Cc2ccc(-c3cnc(CN)nc3)cc2N=C(N)C1. The predicted molar refractivity (Wildman–Crippen MR) is 128 cm³/mol. The van der Waals surface area contributed by atoms with Crippen molar-refractivity contribution in [1.82, 2.24) is 15.0 Å². The van der Waals surface area contributed by atoms with Crippen LogP contribution >= 0.6 is 0 Å². The van der Waals surface area contributed by atoms with E-state index in [1.807, 2.05) is 25.1 Å². The summed E-state index contributed by atoms with van der Waals surface area (Å²) >= 11 is 0. The molecule has 7 N–H and O–H groups in total. The highest BCUT2D eigenvalue weighted by molar-refractivity contribution is 6.05. The first-order valence-electron chi connectivity index (χ1n) is 10.5. The molecule has 2 heterocycles. The molecule has 2 aromatic rings. The lowest BCUT2D eigenvalue weighted by atomic mass is 10.0. The van der Waals surface area contributed by atoms with E-state index in [9.17, 15) is 4.79 Å². The molecule has 0 fully saturated rings. The second-order valence-corrected chi connectivity index (χ2v) is 7.40. The van der Waals surface area contributed by atoms with Crippen LogP contribution in [0, 0.1) is 5.41 Å². The second-order valence-electron chi connectivity index (χ2n) is 7.40. The molecule has 0 spiro atoms. The first kappa shape index (κ1) is 23.8. The van der Waals surface area contributed by atoms with Gasteiger partial charge < -0.3 is 22.6 Å². The van der Waals surface area contributed by atoms with E-state index in [1.165, 1.54) is 11.1 Å². The molecule has 0 aliphatic carbocycles. The van der Waals surface area contributed by atoms with Gasteiger partial charge in [0.1, 0.15) is 18.3 Å². The number of carbonyl (C=O) groups is 1. The van der Waals surface area contributed by atoms with Crippen molar-refractivity contribution in [3.63, 3.8) is 0 Å². The third kappa shape index (κ3) is 6.09. The van der Waals surface area contributed by atoms with E-state index in [1.54, 1.807) is 18.5 Å².